The Bertz CT molecular complexity index is 476. The van der Waals surface area contributed by atoms with Crippen LogP contribution >= 0.6 is 24.8 Å². The van der Waals surface area contributed by atoms with Crippen molar-refractivity contribution in [2.24, 2.45) is 5.92 Å². The maximum Gasteiger partial charge on any atom is 0.255 e. The molecule has 0 saturated carbocycles. The molecular formula is C15H24Cl2N4O. The van der Waals surface area contributed by atoms with Crippen molar-refractivity contribution in [2.45, 2.75) is 19.3 Å². The molecule has 2 aliphatic rings. The van der Waals surface area contributed by atoms with Gasteiger partial charge < -0.3 is 15.5 Å². The molecule has 2 aliphatic heterocycles. The number of aromatic nitrogens is 1. The summed E-state index contributed by atoms with van der Waals surface area (Å²) in [6, 6.07) is 3.72. The highest BCUT2D eigenvalue weighted by molar-refractivity contribution is 5.98. The average Bonchev–Trinajstić information content (AvgIpc) is 2.46. The molecule has 0 spiro atoms. The predicted molar refractivity (Wildman–Crippen MR) is 93.5 cm³/mol. The first-order valence-electron chi connectivity index (χ1n) is 7.53. The van der Waals surface area contributed by atoms with Crippen LogP contribution in [0.25, 0.3) is 0 Å². The molecule has 0 radical (unpaired) electrons. The van der Waals surface area contributed by atoms with Crippen LogP contribution in [0.4, 0.5) is 5.82 Å². The molecule has 0 unspecified atom stereocenters. The summed E-state index contributed by atoms with van der Waals surface area (Å²) in [5.41, 5.74) is 0.710. The first-order valence-corrected chi connectivity index (χ1v) is 7.53. The van der Waals surface area contributed by atoms with E-state index in [4.69, 9.17) is 0 Å². The van der Waals surface area contributed by atoms with E-state index < -0.39 is 0 Å². The lowest BCUT2D eigenvalue weighted by atomic mass is 10.0. The molecule has 5 nitrogen and oxygen atoms in total. The van der Waals surface area contributed by atoms with Gasteiger partial charge in [0.25, 0.3) is 5.91 Å². The number of anilines is 1. The Hall–Kier alpha value is -1.04. The molecule has 0 atom stereocenters. The smallest absolute Gasteiger partial charge is 0.255 e. The van der Waals surface area contributed by atoms with Crippen LogP contribution in [-0.2, 0) is 0 Å². The zero-order chi connectivity index (χ0) is 13.8. The second-order valence-corrected chi connectivity index (χ2v) is 5.66. The summed E-state index contributed by atoms with van der Waals surface area (Å²) in [7, 11) is 0. The van der Waals surface area contributed by atoms with Crippen LogP contribution < -0.4 is 15.5 Å². The van der Waals surface area contributed by atoms with E-state index in [-0.39, 0.29) is 30.7 Å². The third kappa shape index (κ3) is 4.48. The van der Waals surface area contributed by atoms with E-state index in [1.165, 1.54) is 19.3 Å². The van der Waals surface area contributed by atoms with Crippen molar-refractivity contribution in [3.8, 4) is 0 Å². The normalized spacial score (nSPS) is 17.7. The molecule has 22 heavy (non-hydrogen) atoms. The van der Waals surface area contributed by atoms with Gasteiger partial charge in [-0.2, -0.15) is 0 Å². The van der Waals surface area contributed by atoms with Crippen LogP contribution in [0.3, 0.4) is 0 Å². The van der Waals surface area contributed by atoms with E-state index in [0.29, 0.717) is 11.5 Å². The molecule has 1 aromatic rings. The summed E-state index contributed by atoms with van der Waals surface area (Å²) in [6.07, 6.45) is 5.42. The number of pyridine rings is 1. The Morgan fingerprint density at radius 3 is 2.64 bits per heavy atom. The molecule has 2 N–H and O–H groups in total. The van der Waals surface area contributed by atoms with Crippen LogP contribution in [0.5, 0.6) is 0 Å². The molecule has 1 aromatic heterocycles. The van der Waals surface area contributed by atoms with Crippen LogP contribution in [0, 0.1) is 5.92 Å². The molecule has 2 saturated heterocycles. The van der Waals surface area contributed by atoms with Gasteiger partial charge >= 0.3 is 0 Å². The fraction of sp³-hybridized carbons (Fsp3) is 0.600. The number of hydrogen-bond acceptors (Lipinski definition) is 4. The number of amides is 1. The van der Waals surface area contributed by atoms with Crippen molar-refractivity contribution in [3.63, 3.8) is 0 Å². The van der Waals surface area contributed by atoms with Gasteiger partial charge in [0.05, 0.1) is 5.56 Å². The maximum absolute atomic E-state index is 12.4. The van der Waals surface area contributed by atoms with Crippen molar-refractivity contribution in [1.29, 1.82) is 0 Å². The van der Waals surface area contributed by atoms with E-state index in [2.05, 4.69) is 20.5 Å². The van der Waals surface area contributed by atoms with Crippen molar-refractivity contribution in [1.82, 2.24) is 15.6 Å². The minimum absolute atomic E-state index is 0. The minimum atomic E-state index is 0. The van der Waals surface area contributed by atoms with Gasteiger partial charge in [-0.05, 0) is 31.4 Å². The van der Waals surface area contributed by atoms with Crippen LogP contribution in [0.2, 0.25) is 0 Å². The second kappa shape index (κ2) is 9.18. The van der Waals surface area contributed by atoms with Gasteiger partial charge in [-0.3, -0.25) is 4.79 Å². The number of carbonyl (C=O) groups is 1. The number of nitrogens with zero attached hydrogens (tertiary/aromatic N) is 2. The number of carbonyl (C=O) groups excluding carboxylic acids is 1. The molecule has 124 valence electrons. The van der Waals surface area contributed by atoms with Gasteiger partial charge in [-0.25, -0.2) is 4.98 Å². The summed E-state index contributed by atoms with van der Waals surface area (Å²) in [4.78, 5) is 19.0. The summed E-state index contributed by atoms with van der Waals surface area (Å²) in [5, 5.41) is 6.25. The van der Waals surface area contributed by atoms with Gasteiger partial charge in [0.15, 0.2) is 0 Å². The minimum Gasteiger partial charge on any atom is -0.356 e. The summed E-state index contributed by atoms with van der Waals surface area (Å²) in [5.74, 6) is 1.43. The molecule has 3 rings (SSSR count). The first kappa shape index (κ1) is 19.0. The molecule has 3 heterocycles. The summed E-state index contributed by atoms with van der Waals surface area (Å²) < 4.78 is 0. The fourth-order valence-electron chi connectivity index (χ4n) is 2.76. The highest BCUT2D eigenvalue weighted by Gasteiger charge is 2.21. The number of rotatable bonds is 4. The standard InChI is InChI=1S/C15H22N4O.2ClH/c20-15(18-11-12-9-16-10-12)13-5-4-6-17-14(13)19-7-2-1-3-8-19;;/h4-6,12,16H,1-3,7-11H2,(H,18,20);2*1H. The van der Waals surface area contributed by atoms with E-state index in [1.807, 2.05) is 12.1 Å². The Balaban J connectivity index is 0.00000121. The molecule has 7 heteroatoms. The van der Waals surface area contributed by atoms with E-state index in [1.54, 1.807) is 6.20 Å². The summed E-state index contributed by atoms with van der Waals surface area (Å²) in [6.45, 7) is 4.77. The van der Waals surface area contributed by atoms with Gasteiger partial charge in [-0.1, -0.05) is 0 Å². The van der Waals surface area contributed by atoms with Gasteiger partial charge in [-0.15, -0.1) is 24.8 Å². The van der Waals surface area contributed by atoms with Gasteiger partial charge in [0, 0.05) is 44.8 Å². The number of hydrogen-bond donors (Lipinski definition) is 2. The Labute approximate surface area is 144 Å². The maximum atomic E-state index is 12.4. The topological polar surface area (TPSA) is 57.3 Å². The quantitative estimate of drug-likeness (QED) is 0.873. The lowest BCUT2D eigenvalue weighted by Gasteiger charge is -2.30. The number of piperidine rings is 1. The lowest BCUT2D eigenvalue weighted by molar-refractivity contribution is 0.0942. The summed E-state index contributed by atoms with van der Waals surface area (Å²) >= 11 is 0. The molecule has 2 fully saturated rings. The van der Waals surface area contributed by atoms with E-state index in [9.17, 15) is 4.79 Å². The van der Waals surface area contributed by atoms with Crippen LogP contribution in [0.1, 0.15) is 29.6 Å². The third-order valence-corrected chi connectivity index (χ3v) is 4.10. The SMILES string of the molecule is Cl.Cl.O=C(NCC1CNC1)c1cccnc1N1CCCCC1. The molecular weight excluding hydrogens is 323 g/mol. The molecule has 0 bridgehead atoms. The average molecular weight is 347 g/mol. The van der Waals surface area contributed by atoms with Crippen molar-refractivity contribution >= 4 is 36.5 Å². The third-order valence-electron chi connectivity index (χ3n) is 4.10. The first-order chi connectivity index (χ1) is 9.84. The number of halogens is 2. The van der Waals surface area contributed by atoms with E-state index in [0.717, 1.165) is 38.5 Å². The Kier molecular flexibility index (Phi) is 7.93. The monoisotopic (exact) mass is 346 g/mol. The fourth-order valence-corrected chi connectivity index (χ4v) is 2.76. The van der Waals surface area contributed by atoms with Crippen LogP contribution in [0.15, 0.2) is 18.3 Å². The zero-order valence-corrected chi connectivity index (χ0v) is 14.2. The highest BCUT2D eigenvalue weighted by Crippen LogP contribution is 2.21. The lowest BCUT2D eigenvalue weighted by Crippen LogP contribution is -2.48. The highest BCUT2D eigenvalue weighted by atomic mass is 35.5. The Morgan fingerprint density at radius 2 is 2.00 bits per heavy atom. The molecule has 0 aliphatic carbocycles. The predicted octanol–water partition coefficient (Wildman–Crippen LogP) is 1.86. The van der Waals surface area contributed by atoms with Gasteiger partial charge in [0.1, 0.15) is 5.82 Å². The van der Waals surface area contributed by atoms with Gasteiger partial charge in [0.2, 0.25) is 0 Å². The van der Waals surface area contributed by atoms with Crippen molar-refractivity contribution in [3.05, 3.63) is 23.9 Å². The van der Waals surface area contributed by atoms with E-state index >= 15 is 0 Å². The largest absolute Gasteiger partial charge is 0.356 e. The second-order valence-electron chi connectivity index (χ2n) is 5.66. The molecule has 1 amide bonds. The van der Waals surface area contributed by atoms with Crippen molar-refractivity contribution < 1.29 is 4.79 Å². The number of nitrogens with one attached hydrogen (secondary N) is 2. The van der Waals surface area contributed by atoms with Crippen molar-refractivity contribution in [2.75, 3.05) is 37.6 Å². The van der Waals surface area contributed by atoms with Crippen LogP contribution in [-0.4, -0.2) is 43.6 Å². The zero-order valence-electron chi connectivity index (χ0n) is 12.6. The Morgan fingerprint density at radius 1 is 1.27 bits per heavy atom. The molecule has 0 aromatic carbocycles.